The van der Waals surface area contributed by atoms with E-state index < -0.39 is 10.0 Å². The fourth-order valence-electron chi connectivity index (χ4n) is 2.76. The summed E-state index contributed by atoms with van der Waals surface area (Å²) < 4.78 is 26.3. The molecule has 1 aliphatic heterocycles. The van der Waals surface area contributed by atoms with E-state index in [1.165, 1.54) is 4.31 Å². The molecule has 1 aromatic carbocycles. The van der Waals surface area contributed by atoms with E-state index in [9.17, 15) is 13.2 Å². The number of carbonyl (C=O) groups is 1. The van der Waals surface area contributed by atoms with Crippen molar-refractivity contribution >= 4 is 22.0 Å². The molecule has 2 rings (SSSR count). The van der Waals surface area contributed by atoms with Gasteiger partial charge in [-0.05, 0) is 30.8 Å². The van der Waals surface area contributed by atoms with Crippen molar-refractivity contribution in [1.29, 1.82) is 0 Å². The van der Waals surface area contributed by atoms with Gasteiger partial charge in [-0.1, -0.05) is 26.0 Å². The quantitative estimate of drug-likeness (QED) is 0.717. The first-order chi connectivity index (χ1) is 11.9. The summed E-state index contributed by atoms with van der Waals surface area (Å²) in [4.78, 5) is 16.5. The lowest BCUT2D eigenvalue weighted by Crippen LogP contribution is -2.46. The van der Waals surface area contributed by atoms with Crippen LogP contribution in [0.5, 0.6) is 0 Å². The molecular weight excluding hydrogens is 338 g/mol. The van der Waals surface area contributed by atoms with E-state index in [0.717, 1.165) is 31.7 Å². The molecule has 0 unspecified atom stereocenters. The van der Waals surface area contributed by atoms with Crippen LogP contribution in [-0.4, -0.2) is 74.7 Å². The van der Waals surface area contributed by atoms with Crippen LogP contribution in [0, 0.1) is 0 Å². The lowest BCUT2D eigenvalue weighted by Gasteiger charge is -2.31. The van der Waals surface area contributed by atoms with Crippen molar-refractivity contribution in [2.75, 3.05) is 46.3 Å². The highest BCUT2D eigenvalue weighted by molar-refractivity contribution is 7.89. The van der Waals surface area contributed by atoms with Crippen LogP contribution in [0.3, 0.4) is 0 Å². The first-order valence-corrected chi connectivity index (χ1v) is 10.1. The van der Waals surface area contributed by atoms with Crippen LogP contribution in [0.25, 0.3) is 6.08 Å². The predicted molar refractivity (Wildman–Crippen MR) is 99.7 cm³/mol. The van der Waals surface area contributed by atoms with Crippen LogP contribution < -0.4 is 0 Å². The molecule has 1 fully saturated rings. The summed E-state index contributed by atoms with van der Waals surface area (Å²) in [7, 11) is -1.40. The molecule has 0 radical (unpaired) electrons. The summed E-state index contributed by atoms with van der Waals surface area (Å²) in [5.74, 6) is -0.00654. The first-order valence-electron chi connectivity index (χ1n) is 8.64. The third-order valence-electron chi connectivity index (χ3n) is 4.46. The summed E-state index contributed by atoms with van der Waals surface area (Å²) in [6, 6.07) is 6.63. The fraction of sp³-hybridized carbons (Fsp3) is 0.500. The summed E-state index contributed by atoms with van der Waals surface area (Å²) in [5.41, 5.74) is 0.806. The number of amides is 1. The van der Waals surface area contributed by atoms with Gasteiger partial charge < -0.3 is 9.80 Å². The molecule has 0 aromatic heterocycles. The van der Waals surface area contributed by atoms with E-state index in [-0.39, 0.29) is 10.8 Å². The number of hydrogen-bond acceptors (Lipinski definition) is 4. The normalized spacial score (nSPS) is 16.7. The number of carbonyl (C=O) groups excluding carboxylic acids is 1. The van der Waals surface area contributed by atoms with E-state index in [0.29, 0.717) is 13.1 Å². The maximum absolute atomic E-state index is 12.4. The summed E-state index contributed by atoms with van der Waals surface area (Å²) in [6.07, 6.45) is 3.29. The van der Waals surface area contributed by atoms with Gasteiger partial charge in [-0.25, -0.2) is 8.42 Å². The third-order valence-corrected chi connectivity index (χ3v) is 6.52. The number of hydrogen-bond donors (Lipinski definition) is 0. The minimum Gasteiger partial charge on any atom is -0.337 e. The molecule has 0 aliphatic carbocycles. The molecule has 0 saturated carbocycles. The summed E-state index contributed by atoms with van der Waals surface area (Å²) >= 11 is 0. The smallest absolute Gasteiger partial charge is 0.246 e. The second kappa shape index (κ2) is 8.60. The van der Waals surface area contributed by atoms with Gasteiger partial charge in [0.2, 0.25) is 15.9 Å². The average molecular weight is 365 g/mol. The fourth-order valence-corrected chi connectivity index (χ4v) is 4.22. The Balaban J connectivity index is 2.04. The molecule has 0 bridgehead atoms. The highest BCUT2D eigenvalue weighted by Gasteiger charge is 2.21. The highest BCUT2D eigenvalue weighted by Crippen LogP contribution is 2.17. The number of sulfonamides is 1. The molecule has 0 atom stereocenters. The minimum absolute atomic E-state index is 0.00654. The number of nitrogens with zero attached hydrogens (tertiary/aromatic N) is 3. The molecule has 25 heavy (non-hydrogen) atoms. The van der Waals surface area contributed by atoms with Crippen molar-refractivity contribution in [3.8, 4) is 0 Å². The molecule has 1 aliphatic rings. The standard InChI is InChI=1S/C18H27N3O3S/c1-4-21(5-2)25(23,24)17-9-6-16(7-10-17)8-11-18(22)20-14-12-19(3)13-15-20/h6-11H,4-5,12-15H2,1-3H3/b11-8+. The maximum Gasteiger partial charge on any atom is 0.246 e. The van der Waals surface area contributed by atoms with Gasteiger partial charge in [0, 0.05) is 45.3 Å². The number of rotatable bonds is 6. The van der Waals surface area contributed by atoms with Crippen LogP contribution >= 0.6 is 0 Å². The Labute approximate surface area is 150 Å². The van der Waals surface area contributed by atoms with Crippen molar-refractivity contribution in [3.05, 3.63) is 35.9 Å². The zero-order valence-corrected chi connectivity index (χ0v) is 16.0. The van der Waals surface area contributed by atoms with Crippen LogP contribution in [0.1, 0.15) is 19.4 Å². The Morgan fingerprint density at radius 2 is 1.64 bits per heavy atom. The SMILES string of the molecule is CCN(CC)S(=O)(=O)c1ccc(/C=C/C(=O)N2CCN(C)CC2)cc1. The number of piperazine rings is 1. The van der Waals surface area contributed by atoms with E-state index in [1.54, 1.807) is 36.4 Å². The lowest BCUT2D eigenvalue weighted by atomic mass is 10.2. The van der Waals surface area contributed by atoms with Gasteiger partial charge in [0.1, 0.15) is 0 Å². The van der Waals surface area contributed by atoms with Gasteiger partial charge in [0.15, 0.2) is 0 Å². The molecule has 6 nitrogen and oxygen atoms in total. The van der Waals surface area contributed by atoms with Gasteiger partial charge in [-0.15, -0.1) is 0 Å². The van der Waals surface area contributed by atoms with Crippen LogP contribution in [0.4, 0.5) is 0 Å². The summed E-state index contributed by atoms with van der Waals surface area (Å²) in [5, 5.41) is 0. The van der Waals surface area contributed by atoms with Crippen LogP contribution in [0.15, 0.2) is 35.2 Å². The van der Waals surface area contributed by atoms with Crippen molar-refractivity contribution in [1.82, 2.24) is 14.1 Å². The molecule has 7 heteroatoms. The van der Waals surface area contributed by atoms with Crippen molar-refractivity contribution < 1.29 is 13.2 Å². The second-order valence-electron chi connectivity index (χ2n) is 6.12. The predicted octanol–water partition coefficient (Wildman–Crippen LogP) is 1.50. The topological polar surface area (TPSA) is 60.9 Å². The molecule has 0 spiro atoms. The Bertz CT molecular complexity index is 702. The van der Waals surface area contributed by atoms with Gasteiger partial charge in [-0.3, -0.25) is 4.79 Å². The number of likely N-dealkylation sites (N-methyl/N-ethyl adjacent to an activating group) is 1. The third kappa shape index (κ3) is 4.90. The van der Waals surface area contributed by atoms with Crippen molar-refractivity contribution in [2.24, 2.45) is 0 Å². The molecule has 1 heterocycles. The molecule has 138 valence electrons. The van der Waals surface area contributed by atoms with Gasteiger partial charge in [-0.2, -0.15) is 4.31 Å². The molecule has 1 saturated heterocycles. The average Bonchev–Trinajstić information content (AvgIpc) is 2.61. The molecule has 0 N–H and O–H groups in total. The van der Waals surface area contributed by atoms with E-state index in [4.69, 9.17) is 0 Å². The molecule has 1 amide bonds. The van der Waals surface area contributed by atoms with Crippen LogP contribution in [0.2, 0.25) is 0 Å². The van der Waals surface area contributed by atoms with Crippen molar-refractivity contribution in [2.45, 2.75) is 18.7 Å². The monoisotopic (exact) mass is 365 g/mol. The summed E-state index contributed by atoms with van der Waals surface area (Å²) in [6.45, 7) is 7.78. The molecule has 1 aromatic rings. The Morgan fingerprint density at radius 3 is 2.16 bits per heavy atom. The Morgan fingerprint density at radius 1 is 1.08 bits per heavy atom. The zero-order chi connectivity index (χ0) is 18.4. The Kier molecular flexibility index (Phi) is 6.75. The van der Waals surface area contributed by atoms with E-state index in [1.807, 2.05) is 25.8 Å². The van der Waals surface area contributed by atoms with E-state index in [2.05, 4.69) is 4.90 Å². The zero-order valence-electron chi connectivity index (χ0n) is 15.2. The maximum atomic E-state index is 12.4. The van der Waals surface area contributed by atoms with Crippen molar-refractivity contribution in [3.63, 3.8) is 0 Å². The van der Waals surface area contributed by atoms with Gasteiger partial charge in [0.25, 0.3) is 0 Å². The largest absolute Gasteiger partial charge is 0.337 e. The second-order valence-corrected chi connectivity index (χ2v) is 8.06. The van der Waals surface area contributed by atoms with E-state index >= 15 is 0 Å². The molecular formula is C18H27N3O3S. The number of benzene rings is 1. The van der Waals surface area contributed by atoms with Gasteiger partial charge >= 0.3 is 0 Å². The van der Waals surface area contributed by atoms with Crippen LogP contribution in [-0.2, 0) is 14.8 Å². The lowest BCUT2D eigenvalue weighted by molar-refractivity contribution is -0.127. The highest BCUT2D eigenvalue weighted by atomic mass is 32.2. The minimum atomic E-state index is -3.44. The first kappa shape index (κ1) is 19.6. The van der Waals surface area contributed by atoms with Gasteiger partial charge in [0.05, 0.1) is 4.90 Å². The Hall–Kier alpha value is -1.70.